The minimum Gasteiger partial charge on any atom is -0.198 e. The Morgan fingerprint density at radius 1 is 0.731 bits per heavy atom. The van der Waals surface area contributed by atoms with Crippen LogP contribution in [0.15, 0.2) is 0 Å². The molecule has 0 amide bonds. The van der Waals surface area contributed by atoms with Gasteiger partial charge in [0.1, 0.15) is 0 Å². The molecule has 1 nitrogen and oxygen atoms in total. The summed E-state index contributed by atoms with van der Waals surface area (Å²) in [5.74, 6) is 0.934. The molecule has 4 saturated carbocycles. The van der Waals surface area contributed by atoms with Gasteiger partial charge in [-0.2, -0.15) is 5.26 Å². The number of hydrogen-bond donors (Lipinski definition) is 0. The molecule has 0 atom stereocenters. The van der Waals surface area contributed by atoms with Crippen LogP contribution in [0.5, 0.6) is 0 Å². The molecule has 1 heteroatoms. The van der Waals surface area contributed by atoms with E-state index >= 15 is 0 Å². The van der Waals surface area contributed by atoms with Gasteiger partial charge in [-0.25, -0.2) is 0 Å². The van der Waals surface area contributed by atoms with E-state index in [2.05, 4.69) is 19.9 Å². The Kier molecular flexibility index (Phi) is 6.74. The van der Waals surface area contributed by atoms with E-state index in [4.69, 9.17) is 0 Å². The van der Waals surface area contributed by atoms with Gasteiger partial charge in [-0.3, -0.25) is 0 Å². The maximum atomic E-state index is 9.91. The first kappa shape index (κ1) is 20.2. The SMILES string of the molecule is CCCCCCC[C@]1(C#N)CC[C@H](C23CCC(CCC)(CC2)CC3)CC1. The molecule has 4 aliphatic carbocycles. The normalized spacial score (nSPS) is 39.7. The summed E-state index contributed by atoms with van der Waals surface area (Å²) in [6.07, 6.45) is 24.8. The second-order valence-corrected chi connectivity index (χ2v) is 10.4. The van der Waals surface area contributed by atoms with Crippen LogP contribution in [0.1, 0.15) is 129 Å². The molecule has 0 spiro atoms. The number of rotatable bonds is 9. The van der Waals surface area contributed by atoms with Crippen LogP contribution in [0.25, 0.3) is 0 Å². The Labute approximate surface area is 163 Å². The van der Waals surface area contributed by atoms with Gasteiger partial charge in [-0.15, -0.1) is 0 Å². The van der Waals surface area contributed by atoms with Gasteiger partial charge in [-0.1, -0.05) is 52.4 Å². The van der Waals surface area contributed by atoms with Gasteiger partial charge in [0.05, 0.1) is 11.5 Å². The molecule has 2 bridgehead atoms. The van der Waals surface area contributed by atoms with Crippen molar-refractivity contribution in [2.45, 2.75) is 129 Å². The molecule has 0 unspecified atom stereocenters. The second-order valence-electron chi connectivity index (χ2n) is 10.4. The van der Waals surface area contributed by atoms with Crippen molar-refractivity contribution in [3.63, 3.8) is 0 Å². The van der Waals surface area contributed by atoms with Crippen LogP contribution < -0.4 is 0 Å². The lowest BCUT2D eigenvalue weighted by Crippen LogP contribution is -2.47. The monoisotopic (exact) mass is 357 g/mol. The third-order valence-corrected chi connectivity index (χ3v) is 9.04. The van der Waals surface area contributed by atoms with E-state index < -0.39 is 0 Å². The highest BCUT2D eigenvalue weighted by atomic mass is 14.6. The maximum Gasteiger partial charge on any atom is 0.0689 e. The van der Waals surface area contributed by atoms with E-state index in [0.717, 1.165) is 11.3 Å². The molecular weight excluding hydrogens is 314 g/mol. The third kappa shape index (κ3) is 4.15. The maximum absolute atomic E-state index is 9.91. The molecule has 0 aliphatic heterocycles. The predicted octanol–water partition coefficient (Wildman–Crippen LogP) is 8.19. The van der Waals surface area contributed by atoms with Crippen molar-refractivity contribution < 1.29 is 0 Å². The molecule has 0 aromatic carbocycles. The third-order valence-electron chi connectivity index (χ3n) is 9.04. The molecule has 4 aliphatic rings. The Morgan fingerprint density at radius 3 is 1.88 bits per heavy atom. The number of fused-ring (bicyclic) bond motifs is 3. The summed E-state index contributed by atoms with van der Waals surface area (Å²) in [6.45, 7) is 4.65. The van der Waals surface area contributed by atoms with Crippen molar-refractivity contribution in [2.75, 3.05) is 0 Å². The number of nitrogens with zero attached hydrogens (tertiary/aromatic N) is 1. The minimum atomic E-state index is 0.0364. The van der Waals surface area contributed by atoms with E-state index in [1.54, 1.807) is 0 Å². The Morgan fingerprint density at radius 2 is 1.35 bits per heavy atom. The number of unbranched alkanes of at least 4 members (excludes halogenated alkanes) is 4. The van der Waals surface area contributed by atoms with Crippen LogP contribution in [-0.2, 0) is 0 Å². The first-order valence-electron chi connectivity index (χ1n) is 12.0. The molecule has 0 aromatic heterocycles. The zero-order valence-electron chi connectivity index (χ0n) is 17.8. The lowest BCUT2D eigenvalue weighted by atomic mass is 9.47. The summed E-state index contributed by atoms with van der Waals surface area (Å²) >= 11 is 0. The molecule has 0 radical (unpaired) electrons. The molecule has 0 aromatic rings. The van der Waals surface area contributed by atoms with E-state index in [-0.39, 0.29) is 5.41 Å². The fraction of sp³-hybridized carbons (Fsp3) is 0.960. The zero-order valence-corrected chi connectivity index (χ0v) is 17.8. The summed E-state index contributed by atoms with van der Waals surface area (Å²) in [6, 6.07) is 2.79. The van der Waals surface area contributed by atoms with Crippen LogP contribution in [0.4, 0.5) is 0 Å². The topological polar surface area (TPSA) is 23.8 Å². The summed E-state index contributed by atoms with van der Waals surface area (Å²) in [5.41, 5.74) is 1.45. The predicted molar refractivity (Wildman–Crippen MR) is 111 cm³/mol. The van der Waals surface area contributed by atoms with Crippen molar-refractivity contribution in [1.82, 2.24) is 0 Å². The Hall–Kier alpha value is -0.510. The first-order chi connectivity index (χ1) is 12.6. The van der Waals surface area contributed by atoms with Crippen LogP contribution in [0.2, 0.25) is 0 Å². The lowest BCUT2D eigenvalue weighted by Gasteiger charge is -2.58. The summed E-state index contributed by atoms with van der Waals surface area (Å²) in [4.78, 5) is 0. The van der Waals surface area contributed by atoms with Crippen molar-refractivity contribution >= 4 is 0 Å². The van der Waals surface area contributed by atoms with Gasteiger partial charge in [0.15, 0.2) is 0 Å². The Bertz CT molecular complexity index is 452. The van der Waals surface area contributed by atoms with Crippen molar-refractivity contribution in [3.05, 3.63) is 0 Å². The second kappa shape index (κ2) is 8.67. The van der Waals surface area contributed by atoms with Gasteiger partial charge in [0.25, 0.3) is 0 Å². The Balaban J connectivity index is 1.50. The minimum absolute atomic E-state index is 0.0364. The zero-order chi connectivity index (χ0) is 18.5. The molecule has 4 rings (SSSR count). The van der Waals surface area contributed by atoms with Gasteiger partial charge < -0.3 is 0 Å². The smallest absolute Gasteiger partial charge is 0.0689 e. The molecule has 148 valence electrons. The quantitative estimate of drug-likeness (QED) is 0.381. The van der Waals surface area contributed by atoms with Crippen LogP contribution >= 0.6 is 0 Å². The van der Waals surface area contributed by atoms with Gasteiger partial charge in [-0.05, 0) is 93.8 Å². The fourth-order valence-corrected chi connectivity index (χ4v) is 7.08. The molecular formula is C25H43N. The highest BCUT2D eigenvalue weighted by Crippen LogP contribution is 2.64. The van der Waals surface area contributed by atoms with Gasteiger partial charge in [0.2, 0.25) is 0 Å². The van der Waals surface area contributed by atoms with Gasteiger partial charge in [0, 0.05) is 0 Å². The summed E-state index contributed by atoms with van der Waals surface area (Å²) in [5, 5.41) is 9.91. The highest BCUT2D eigenvalue weighted by Gasteiger charge is 2.52. The van der Waals surface area contributed by atoms with Crippen LogP contribution in [-0.4, -0.2) is 0 Å². The molecule has 4 fully saturated rings. The average molecular weight is 358 g/mol. The number of nitriles is 1. The molecule has 0 N–H and O–H groups in total. The van der Waals surface area contributed by atoms with E-state index in [1.165, 1.54) is 116 Å². The van der Waals surface area contributed by atoms with Crippen molar-refractivity contribution in [2.24, 2.45) is 22.2 Å². The van der Waals surface area contributed by atoms with Crippen molar-refractivity contribution in [3.8, 4) is 6.07 Å². The summed E-state index contributed by atoms with van der Waals surface area (Å²) < 4.78 is 0. The summed E-state index contributed by atoms with van der Waals surface area (Å²) in [7, 11) is 0. The van der Waals surface area contributed by atoms with Gasteiger partial charge >= 0.3 is 0 Å². The van der Waals surface area contributed by atoms with E-state index in [1.807, 2.05) is 0 Å². The fourth-order valence-electron chi connectivity index (χ4n) is 7.08. The largest absolute Gasteiger partial charge is 0.198 e. The van der Waals surface area contributed by atoms with Crippen molar-refractivity contribution in [1.29, 1.82) is 5.26 Å². The molecule has 0 saturated heterocycles. The standard InChI is InChI=1S/C25H43N/c1-3-5-6-7-8-12-24(21-26)13-9-22(10-14-24)25-18-15-23(11-4-2,16-19-25)17-20-25/h22H,3-20H2,1-2H3/t22-,23?,24-,25?. The van der Waals surface area contributed by atoms with Crippen LogP contribution in [0, 0.1) is 33.5 Å². The highest BCUT2D eigenvalue weighted by molar-refractivity contribution is 5.07. The average Bonchev–Trinajstić information content (AvgIpc) is 2.70. The molecule has 26 heavy (non-hydrogen) atoms. The first-order valence-corrected chi connectivity index (χ1v) is 12.0. The van der Waals surface area contributed by atoms with Crippen LogP contribution in [0.3, 0.4) is 0 Å². The van der Waals surface area contributed by atoms with E-state index in [9.17, 15) is 5.26 Å². The lowest BCUT2D eigenvalue weighted by molar-refractivity contribution is -0.0684. The number of hydrogen-bond acceptors (Lipinski definition) is 1. The van der Waals surface area contributed by atoms with E-state index in [0.29, 0.717) is 5.41 Å². The molecule has 0 heterocycles.